The first-order chi connectivity index (χ1) is 18.1. The maximum atomic E-state index is 13.5. The fraction of sp³-hybridized carbons (Fsp3) is 0.231. The molecular formula is C26H26FN7O4. The number of H-pyrrole nitrogens is 1. The number of rotatable bonds is 6. The third-order valence-electron chi connectivity index (χ3n) is 6.08. The van der Waals surface area contributed by atoms with Crippen LogP contribution in [0.4, 0.5) is 4.39 Å². The number of aromatic amines is 1. The number of ether oxygens (including phenoxy) is 1. The predicted molar refractivity (Wildman–Crippen MR) is 135 cm³/mol. The molecule has 1 heterocycles. The van der Waals surface area contributed by atoms with Gasteiger partial charge in [0.15, 0.2) is 0 Å². The summed E-state index contributed by atoms with van der Waals surface area (Å²) in [4.78, 5) is 48.3. The molecule has 3 aromatic rings. The van der Waals surface area contributed by atoms with Crippen LogP contribution in [0, 0.1) is 18.2 Å². The maximum absolute atomic E-state index is 13.5. The number of carbonyl (C=O) groups excluding carboxylic acids is 3. The Morgan fingerprint density at radius 2 is 2.00 bits per heavy atom. The molecule has 196 valence electrons. The predicted octanol–water partition coefficient (Wildman–Crippen LogP) is 1.79. The van der Waals surface area contributed by atoms with E-state index in [2.05, 4.69) is 25.6 Å². The number of esters is 1. The molecule has 1 aliphatic rings. The molecule has 2 amide bonds. The van der Waals surface area contributed by atoms with Crippen molar-refractivity contribution in [3.63, 3.8) is 0 Å². The van der Waals surface area contributed by atoms with Gasteiger partial charge in [0, 0.05) is 6.54 Å². The highest BCUT2D eigenvalue weighted by molar-refractivity contribution is 5.97. The Bertz CT molecular complexity index is 1520. The molecule has 4 rings (SSSR count). The average Bonchev–Trinajstić information content (AvgIpc) is 3.29. The molecule has 38 heavy (non-hydrogen) atoms. The highest BCUT2D eigenvalue weighted by atomic mass is 19.1. The monoisotopic (exact) mass is 519 g/mol. The third kappa shape index (κ3) is 5.91. The first-order valence-corrected chi connectivity index (χ1v) is 11.7. The van der Waals surface area contributed by atoms with E-state index in [-0.39, 0.29) is 35.4 Å². The number of nitrogens with two attached hydrogens (primary N) is 1. The lowest BCUT2D eigenvalue weighted by molar-refractivity contribution is 0.0600. The van der Waals surface area contributed by atoms with Crippen LogP contribution < -0.4 is 22.0 Å². The van der Waals surface area contributed by atoms with Crippen LogP contribution >= 0.6 is 0 Å². The minimum atomic E-state index is -0.565. The highest BCUT2D eigenvalue weighted by Crippen LogP contribution is 2.32. The molecule has 0 saturated heterocycles. The lowest BCUT2D eigenvalue weighted by Crippen LogP contribution is -2.33. The number of carbonyl (C=O) groups is 3. The van der Waals surface area contributed by atoms with Crippen LogP contribution in [0.25, 0.3) is 0 Å². The third-order valence-corrected chi connectivity index (χ3v) is 6.08. The normalized spacial score (nSPS) is 14.5. The second-order valence-corrected chi connectivity index (χ2v) is 8.74. The van der Waals surface area contributed by atoms with Gasteiger partial charge in [-0.1, -0.05) is 18.2 Å². The standard InChI is InChI=1S/C26H26FN7O4/c1-13-9-14(3-7-18(13)27)12-30-22(35)20-11-21(33-26(32-20)34-25(28)29)23(36)31-19-8-5-15-10-16(24(37)38-2)4-6-17(15)19/h3-4,6-7,9-11,19H,5,8,12H2,1-2H3,(H,30,35)(H,31,36)(H4,28,29,32,33,34)/t19-/m0/s1. The molecular weight excluding hydrogens is 493 g/mol. The van der Waals surface area contributed by atoms with Crippen molar-refractivity contribution < 1.29 is 23.5 Å². The Morgan fingerprint density at radius 3 is 2.71 bits per heavy atom. The van der Waals surface area contributed by atoms with Crippen molar-refractivity contribution in [3.05, 3.63) is 93.1 Å². The molecule has 6 N–H and O–H groups in total. The van der Waals surface area contributed by atoms with Gasteiger partial charge in [-0.25, -0.2) is 14.2 Å². The van der Waals surface area contributed by atoms with E-state index in [1.165, 1.54) is 19.2 Å². The van der Waals surface area contributed by atoms with Crippen molar-refractivity contribution in [1.82, 2.24) is 20.6 Å². The van der Waals surface area contributed by atoms with Crippen molar-refractivity contribution in [2.24, 2.45) is 10.7 Å². The molecule has 2 aromatic carbocycles. The van der Waals surface area contributed by atoms with Gasteiger partial charge in [-0.15, -0.1) is 0 Å². The van der Waals surface area contributed by atoms with E-state index in [4.69, 9.17) is 15.9 Å². The van der Waals surface area contributed by atoms with Crippen LogP contribution in [0.3, 0.4) is 0 Å². The van der Waals surface area contributed by atoms with E-state index >= 15 is 0 Å². The number of hydrogen-bond acceptors (Lipinski definition) is 6. The van der Waals surface area contributed by atoms with E-state index in [0.29, 0.717) is 29.5 Å². The van der Waals surface area contributed by atoms with E-state index in [0.717, 1.165) is 11.1 Å². The quantitative estimate of drug-likeness (QED) is 0.188. The van der Waals surface area contributed by atoms with Crippen LogP contribution in [-0.2, 0) is 17.7 Å². The summed E-state index contributed by atoms with van der Waals surface area (Å²) in [5.41, 5.74) is 8.40. The molecule has 1 aliphatic carbocycles. The summed E-state index contributed by atoms with van der Waals surface area (Å²) in [5, 5.41) is 13.0. The SMILES string of the molecule is COC(=O)c1ccc2c(c1)CC[C@@H]2NC(=O)c1cc(C(=O)NCc2ccc(F)c(C)c2)[nH]/c(=N\C(=N)N)n1. The van der Waals surface area contributed by atoms with Gasteiger partial charge < -0.3 is 26.1 Å². The molecule has 0 bridgehead atoms. The minimum Gasteiger partial charge on any atom is -0.465 e. The van der Waals surface area contributed by atoms with Gasteiger partial charge in [0.05, 0.1) is 18.7 Å². The Labute approximate surface area is 216 Å². The molecule has 0 fully saturated rings. The van der Waals surface area contributed by atoms with Gasteiger partial charge in [0.2, 0.25) is 11.6 Å². The van der Waals surface area contributed by atoms with Crippen LogP contribution in [0.2, 0.25) is 0 Å². The Hall–Kier alpha value is -4.87. The Kier molecular flexibility index (Phi) is 7.61. The van der Waals surface area contributed by atoms with Crippen molar-refractivity contribution in [2.75, 3.05) is 7.11 Å². The fourth-order valence-electron chi connectivity index (χ4n) is 4.21. The first-order valence-electron chi connectivity index (χ1n) is 11.7. The topological polar surface area (TPSA) is 175 Å². The van der Waals surface area contributed by atoms with Crippen molar-refractivity contribution in [2.45, 2.75) is 32.4 Å². The number of nitrogens with zero attached hydrogens (tertiary/aromatic N) is 2. The number of amides is 2. The average molecular weight is 520 g/mol. The second-order valence-electron chi connectivity index (χ2n) is 8.74. The van der Waals surface area contributed by atoms with Crippen LogP contribution in [-0.4, -0.2) is 40.8 Å². The lowest BCUT2D eigenvalue weighted by Gasteiger charge is -2.14. The fourth-order valence-corrected chi connectivity index (χ4v) is 4.21. The number of fused-ring (bicyclic) bond motifs is 1. The second kappa shape index (κ2) is 11.0. The summed E-state index contributed by atoms with van der Waals surface area (Å²) < 4.78 is 18.3. The van der Waals surface area contributed by atoms with Gasteiger partial charge in [-0.2, -0.15) is 4.99 Å². The van der Waals surface area contributed by atoms with Gasteiger partial charge in [-0.3, -0.25) is 15.0 Å². The van der Waals surface area contributed by atoms with Gasteiger partial charge >= 0.3 is 5.97 Å². The van der Waals surface area contributed by atoms with Gasteiger partial charge in [-0.05, 0) is 66.3 Å². The molecule has 11 nitrogen and oxygen atoms in total. The maximum Gasteiger partial charge on any atom is 0.337 e. The number of nitrogens with one attached hydrogen (secondary N) is 4. The van der Waals surface area contributed by atoms with Gasteiger partial charge in [0.1, 0.15) is 17.2 Å². The Balaban J connectivity index is 1.54. The smallest absolute Gasteiger partial charge is 0.337 e. The zero-order valence-corrected chi connectivity index (χ0v) is 20.7. The molecule has 12 heteroatoms. The molecule has 1 aromatic heterocycles. The molecule has 0 unspecified atom stereocenters. The summed E-state index contributed by atoms with van der Waals surface area (Å²) in [6.07, 6.45) is 1.27. The number of aryl methyl sites for hydroxylation is 2. The summed E-state index contributed by atoms with van der Waals surface area (Å²) in [6, 6.07) is 10.6. The highest BCUT2D eigenvalue weighted by Gasteiger charge is 2.26. The molecule has 0 spiro atoms. The number of halogens is 1. The number of guanidine groups is 1. The number of hydrogen-bond donors (Lipinski definition) is 5. The zero-order valence-electron chi connectivity index (χ0n) is 20.7. The number of methoxy groups -OCH3 is 1. The van der Waals surface area contributed by atoms with Crippen molar-refractivity contribution >= 4 is 23.7 Å². The first kappa shape index (κ1) is 26.2. The van der Waals surface area contributed by atoms with Crippen molar-refractivity contribution in [3.8, 4) is 0 Å². The van der Waals surface area contributed by atoms with E-state index in [1.54, 1.807) is 37.3 Å². The summed E-state index contributed by atoms with van der Waals surface area (Å²) in [6.45, 7) is 1.74. The molecule has 1 atom stereocenters. The Morgan fingerprint density at radius 1 is 1.21 bits per heavy atom. The summed E-state index contributed by atoms with van der Waals surface area (Å²) in [5.74, 6) is -2.47. The number of benzene rings is 2. The summed E-state index contributed by atoms with van der Waals surface area (Å²) in [7, 11) is 1.31. The lowest BCUT2D eigenvalue weighted by atomic mass is 10.0. The van der Waals surface area contributed by atoms with Crippen LogP contribution in [0.15, 0.2) is 47.5 Å². The zero-order chi connectivity index (χ0) is 27.4. The van der Waals surface area contributed by atoms with Crippen LogP contribution in [0.5, 0.6) is 0 Å². The minimum absolute atomic E-state index is 0.0291. The summed E-state index contributed by atoms with van der Waals surface area (Å²) >= 11 is 0. The molecule has 0 radical (unpaired) electrons. The van der Waals surface area contributed by atoms with Crippen molar-refractivity contribution in [1.29, 1.82) is 5.41 Å². The van der Waals surface area contributed by atoms with Crippen LogP contribution in [0.1, 0.15) is 66.1 Å². The number of aromatic nitrogens is 2. The van der Waals surface area contributed by atoms with E-state index < -0.39 is 23.7 Å². The van der Waals surface area contributed by atoms with E-state index in [9.17, 15) is 18.8 Å². The molecule has 0 saturated carbocycles. The van der Waals surface area contributed by atoms with E-state index in [1.807, 2.05) is 0 Å². The molecule has 0 aliphatic heterocycles. The largest absolute Gasteiger partial charge is 0.465 e. The van der Waals surface area contributed by atoms with Gasteiger partial charge in [0.25, 0.3) is 11.8 Å².